The number of carbonyl (C=O) groups excluding carboxylic acids is 3. The van der Waals surface area contributed by atoms with Crippen LogP contribution < -0.4 is 35.9 Å². The number of nitrogens with zero attached hydrogens (tertiary/aromatic N) is 4. The lowest BCUT2D eigenvalue weighted by Gasteiger charge is -2.36. The number of hydrogen-bond acceptors (Lipinski definition) is 22. The number of unbranched alkanes of at least 4 members (excludes halogenated alkanes) is 15. The van der Waals surface area contributed by atoms with Crippen molar-refractivity contribution >= 4 is 69.1 Å². The van der Waals surface area contributed by atoms with Crippen molar-refractivity contribution in [3.05, 3.63) is 12.7 Å². The summed E-state index contributed by atoms with van der Waals surface area (Å²) < 4.78 is 61.1. The Hall–Kier alpha value is -2.44. The first kappa shape index (κ1) is 67.8. The van der Waals surface area contributed by atoms with Crippen molar-refractivity contribution in [2.45, 2.75) is 201 Å². The van der Waals surface area contributed by atoms with Crippen LogP contribution in [0.5, 0.6) is 0 Å². The van der Waals surface area contributed by atoms with E-state index < -0.39 is 84.6 Å². The molecule has 10 atom stereocenters. The average molecular weight is 1160 g/mol. The average Bonchev–Trinajstić information content (AvgIpc) is 3.90. The van der Waals surface area contributed by atoms with Crippen LogP contribution in [0, 0.1) is 23.2 Å². The van der Waals surface area contributed by atoms with Crippen molar-refractivity contribution in [1.82, 2.24) is 30.2 Å². The van der Waals surface area contributed by atoms with Crippen molar-refractivity contribution < 1.29 is 80.5 Å². The maximum atomic E-state index is 12.9. The molecule has 2 amide bonds. The van der Waals surface area contributed by atoms with Gasteiger partial charge >= 0.3 is 0 Å². The minimum Gasteiger partial charge on any atom is -0.790 e. The van der Waals surface area contributed by atoms with Crippen molar-refractivity contribution in [3.63, 3.8) is 0 Å². The van der Waals surface area contributed by atoms with E-state index in [9.17, 15) is 57.9 Å². The number of rotatable bonds is 41. The molecule has 1 saturated heterocycles. The summed E-state index contributed by atoms with van der Waals surface area (Å²) in [6.45, 7) is 8.87. The Kier molecular flexibility index (Phi) is 30.3. The molecular weight excluding hydrogens is 1070 g/mol. The number of nitrogens with two attached hydrogens (primary N) is 1. The van der Waals surface area contributed by atoms with Gasteiger partial charge in [-0.25, -0.2) is 19.3 Å². The second-order valence-electron chi connectivity index (χ2n) is 20.8. The highest BCUT2D eigenvalue weighted by Crippen LogP contribution is 2.56. The summed E-state index contributed by atoms with van der Waals surface area (Å²) >= 11 is 1.16. The topological polar surface area (TPSA) is 375 Å². The zero-order valence-electron chi connectivity index (χ0n) is 45.1. The third kappa shape index (κ3) is 25.8. The van der Waals surface area contributed by atoms with Gasteiger partial charge in [-0.15, -0.1) is 0 Å². The Morgan fingerprint density at radius 3 is 2.00 bits per heavy atom. The van der Waals surface area contributed by atoms with Crippen LogP contribution in [-0.2, 0) is 50.7 Å². The number of carbonyl (C=O) groups is 3. The number of phosphoric ester groups is 3. The maximum Gasteiger partial charge on any atom is 0.274 e. The van der Waals surface area contributed by atoms with E-state index in [0.717, 1.165) is 41.8 Å². The molecule has 0 bridgehead atoms. The Balaban J connectivity index is 1.27. The highest BCUT2D eigenvalue weighted by Gasteiger charge is 2.47. The molecule has 28 heteroatoms. The molecule has 0 spiro atoms. The first-order chi connectivity index (χ1) is 35.8. The number of aliphatic hydroxyl groups is 2. The SMILES string of the molecule is CCCCCCCCCCCCCCCCCC[C@H](C)C[C@H](C)C[C@H](C)C(=O)SCCNC(=O)CCNC(=O)[C@H](O)C(C)(C)COP(=O)([O-])OP(=O)([O-])OC[C@H]1O[C@@H](n2cnc3c(N)ncnc32)[C@H](O)[C@@H]1OP(=O)([O-])[O-]. The van der Waals surface area contributed by atoms with E-state index in [-0.39, 0.29) is 47.5 Å². The largest absolute Gasteiger partial charge is 0.790 e. The Labute approximate surface area is 452 Å². The highest BCUT2D eigenvalue weighted by molar-refractivity contribution is 8.13. The van der Waals surface area contributed by atoms with Gasteiger partial charge in [0.15, 0.2) is 22.8 Å². The normalized spacial score (nSPS) is 20.4. The van der Waals surface area contributed by atoms with E-state index >= 15 is 0 Å². The van der Waals surface area contributed by atoms with E-state index in [1.165, 1.54) is 123 Å². The summed E-state index contributed by atoms with van der Waals surface area (Å²) in [5.41, 5.74) is 4.10. The molecule has 2 aromatic rings. The Morgan fingerprint density at radius 2 is 1.41 bits per heavy atom. The van der Waals surface area contributed by atoms with Gasteiger partial charge in [0, 0.05) is 36.6 Å². The Bertz CT molecular complexity index is 2210. The third-order valence-electron chi connectivity index (χ3n) is 13.2. The third-order valence-corrected chi connectivity index (χ3v) is 17.3. The fourth-order valence-corrected chi connectivity index (χ4v) is 12.6. The predicted molar refractivity (Wildman–Crippen MR) is 279 cm³/mol. The molecule has 2 unspecified atom stereocenters. The minimum absolute atomic E-state index is 0.0179. The number of hydrogen-bond donors (Lipinski definition) is 5. The van der Waals surface area contributed by atoms with Gasteiger partial charge in [0.1, 0.15) is 36.3 Å². The number of ether oxygens (including phenoxy) is 1. The fraction of sp³-hybridized carbons (Fsp3) is 0.833. The summed E-state index contributed by atoms with van der Waals surface area (Å²) in [4.78, 5) is 98.0. The van der Waals surface area contributed by atoms with Crippen molar-refractivity contribution in [1.29, 1.82) is 0 Å². The van der Waals surface area contributed by atoms with E-state index in [0.29, 0.717) is 17.6 Å². The molecule has 3 rings (SSSR count). The van der Waals surface area contributed by atoms with E-state index in [1.807, 2.05) is 6.92 Å². The molecule has 1 aliphatic heterocycles. The maximum absolute atomic E-state index is 12.9. The summed E-state index contributed by atoms with van der Waals surface area (Å²) in [6.07, 6.45) is 17.2. The summed E-state index contributed by atoms with van der Waals surface area (Å²) in [6, 6.07) is 0. The predicted octanol–water partition coefficient (Wildman–Crippen LogP) is 5.48. The minimum atomic E-state index is -5.93. The lowest BCUT2D eigenvalue weighted by molar-refractivity contribution is -0.347. The lowest BCUT2D eigenvalue weighted by Crippen LogP contribution is -2.46. The standard InChI is InChI=1S/C48H88N7O17P3S/c1-7-8-9-10-11-12-13-14-15-16-17-18-19-20-21-22-23-34(2)28-35(3)29-36(4)47(60)76-27-26-50-38(56)24-25-51-45(59)42(58)48(5,6)31-69-75(66,67)72-74(64,65)68-30-37-41(71-73(61,62)63)40(57)46(70-37)55-33-54-39-43(49)52-32-53-44(39)55/h32-37,40-42,46,57-58H,7-31H2,1-6H3,(H,50,56)(H,51,59)(H,64,65)(H,66,67)(H2,49,52,53)(H2,61,62,63)/p-4/t34-,35-,36-,37+,40+,41+,42-,46+/m0/s1. The zero-order chi connectivity index (χ0) is 56.5. The summed E-state index contributed by atoms with van der Waals surface area (Å²) in [7, 11) is -17.6. The van der Waals surface area contributed by atoms with Crippen LogP contribution in [0.15, 0.2) is 12.7 Å². The van der Waals surface area contributed by atoms with Crippen molar-refractivity contribution in [2.75, 3.05) is 37.8 Å². The highest BCUT2D eigenvalue weighted by atomic mass is 32.2. The molecule has 0 aromatic carbocycles. The molecule has 1 aliphatic rings. The molecule has 3 heterocycles. The van der Waals surface area contributed by atoms with E-state index in [2.05, 4.69) is 64.2 Å². The van der Waals surface area contributed by atoms with Crippen molar-refractivity contribution in [3.8, 4) is 0 Å². The number of phosphoric acid groups is 3. The second kappa shape index (κ2) is 34.0. The van der Waals surface area contributed by atoms with Gasteiger partial charge in [0.25, 0.3) is 15.6 Å². The zero-order valence-corrected chi connectivity index (χ0v) is 48.6. The molecule has 2 aromatic heterocycles. The molecule has 24 nitrogen and oxygen atoms in total. The van der Waals surface area contributed by atoms with Crippen molar-refractivity contribution in [2.24, 2.45) is 23.2 Å². The number of thioether (sulfide) groups is 1. The molecular formula is C48H84N7O17P3S-4. The van der Waals surface area contributed by atoms with Crippen LogP contribution in [0.1, 0.15) is 176 Å². The number of aliphatic hydroxyl groups excluding tert-OH is 2. The lowest BCUT2D eigenvalue weighted by atomic mass is 9.87. The van der Waals surface area contributed by atoms with Crippen LogP contribution in [0.4, 0.5) is 5.82 Å². The number of nitrogen functional groups attached to an aromatic ring is 1. The Morgan fingerprint density at radius 1 is 0.829 bits per heavy atom. The quantitative estimate of drug-likeness (QED) is 0.0406. The molecule has 0 radical (unpaired) electrons. The number of nitrogens with one attached hydrogen (secondary N) is 2. The number of amides is 2. The molecule has 1 fully saturated rings. The summed E-state index contributed by atoms with van der Waals surface area (Å²) in [5.74, 6) is -0.252. The monoisotopic (exact) mass is 1160 g/mol. The first-order valence-corrected chi connectivity index (χ1v) is 32.1. The number of fused-ring (bicyclic) bond motifs is 1. The van der Waals surface area contributed by atoms with Gasteiger partial charge < -0.3 is 69.0 Å². The van der Waals surface area contributed by atoms with Gasteiger partial charge in [-0.3, -0.25) is 28.1 Å². The molecule has 438 valence electrons. The van der Waals surface area contributed by atoms with Crippen LogP contribution in [-0.4, -0.2) is 103 Å². The number of aromatic nitrogens is 4. The van der Waals surface area contributed by atoms with Crippen LogP contribution in [0.2, 0.25) is 0 Å². The molecule has 0 saturated carbocycles. The van der Waals surface area contributed by atoms with Gasteiger partial charge in [0.05, 0.1) is 27.4 Å². The van der Waals surface area contributed by atoms with E-state index in [1.54, 1.807) is 0 Å². The van der Waals surface area contributed by atoms with Gasteiger partial charge in [-0.05, 0) is 24.7 Å². The fourth-order valence-electron chi connectivity index (χ4n) is 9.04. The first-order valence-electron chi connectivity index (χ1n) is 26.7. The number of anilines is 1. The van der Waals surface area contributed by atoms with Gasteiger partial charge in [-0.2, -0.15) is 0 Å². The summed E-state index contributed by atoms with van der Waals surface area (Å²) in [5, 5.41) is 26.7. The van der Waals surface area contributed by atoms with Gasteiger partial charge in [0.2, 0.25) is 11.8 Å². The van der Waals surface area contributed by atoms with Gasteiger partial charge in [-0.1, -0.05) is 162 Å². The molecule has 76 heavy (non-hydrogen) atoms. The number of imidazole rings is 1. The van der Waals surface area contributed by atoms with Crippen LogP contribution in [0.3, 0.4) is 0 Å². The smallest absolute Gasteiger partial charge is 0.274 e. The van der Waals surface area contributed by atoms with Crippen LogP contribution >= 0.6 is 35.2 Å². The second-order valence-corrected chi connectivity index (χ2v) is 26.0. The van der Waals surface area contributed by atoms with Crippen LogP contribution in [0.25, 0.3) is 11.2 Å². The molecule has 0 aliphatic carbocycles. The van der Waals surface area contributed by atoms with E-state index in [4.69, 9.17) is 10.5 Å². The molecule has 6 N–H and O–H groups in total.